The van der Waals surface area contributed by atoms with Gasteiger partial charge in [0.05, 0.1) is 6.61 Å². The standard InChI is InChI=1S/C20H33N3O2/c1-16-14-21-19(23(16)10-11-25-2)12-18-8-9-22(15-18)20(24)13-17-6-4-3-5-7-17/h14,17-18H,3-13,15H2,1-2H3. The number of hydrogen-bond donors (Lipinski definition) is 0. The van der Waals surface area contributed by atoms with E-state index in [0.29, 0.717) is 24.3 Å². The molecule has 1 saturated carbocycles. The highest BCUT2D eigenvalue weighted by molar-refractivity contribution is 5.76. The van der Waals surface area contributed by atoms with E-state index in [0.717, 1.165) is 44.7 Å². The van der Waals surface area contributed by atoms with E-state index >= 15 is 0 Å². The fraction of sp³-hybridized carbons (Fsp3) is 0.800. The SMILES string of the molecule is COCCn1c(C)cnc1CC1CCN(C(=O)CC2CCCCC2)C1. The summed E-state index contributed by atoms with van der Waals surface area (Å²) in [5, 5.41) is 0. The average molecular weight is 348 g/mol. The van der Waals surface area contributed by atoms with E-state index in [1.807, 2.05) is 6.20 Å². The number of carbonyl (C=O) groups is 1. The van der Waals surface area contributed by atoms with Gasteiger partial charge in [-0.1, -0.05) is 19.3 Å². The number of likely N-dealkylation sites (tertiary alicyclic amines) is 1. The third kappa shape index (κ3) is 4.84. The zero-order valence-electron chi connectivity index (χ0n) is 15.9. The van der Waals surface area contributed by atoms with E-state index in [9.17, 15) is 4.79 Å². The lowest BCUT2D eigenvalue weighted by atomic mass is 9.87. The highest BCUT2D eigenvalue weighted by atomic mass is 16.5. The summed E-state index contributed by atoms with van der Waals surface area (Å²) in [7, 11) is 1.73. The molecule has 5 nitrogen and oxygen atoms in total. The van der Waals surface area contributed by atoms with Crippen LogP contribution in [0.1, 0.15) is 56.5 Å². The van der Waals surface area contributed by atoms with E-state index < -0.39 is 0 Å². The minimum absolute atomic E-state index is 0.383. The zero-order valence-corrected chi connectivity index (χ0v) is 15.9. The van der Waals surface area contributed by atoms with Gasteiger partial charge in [0.2, 0.25) is 5.91 Å². The molecule has 1 aromatic heterocycles. The number of rotatable bonds is 7. The molecule has 1 aliphatic carbocycles. The van der Waals surface area contributed by atoms with Gasteiger partial charge in [-0.2, -0.15) is 0 Å². The molecule has 2 aliphatic rings. The van der Waals surface area contributed by atoms with Crippen molar-refractivity contribution < 1.29 is 9.53 Å². The molecule has 2 heterocycles. The highest BCUT2D eigenvalue weighted by Crippen LogP contribution is 2.28. The van der Waals surface area contributed by atoms with E-state index in [1.165, 1.54) is 37.8 Å². The molecule has 1 saturated heterocycles. The predicted octanol–water partition coefficient (Wildman–Crippen LogP) is 3.20. The Morgan fingerprint density at radius 1 is 1.24 bits per heavy atom. The number of amides is 1. The molecule has 1 unspecified atom stereocenters. The second-order valence-corrected chi connectivity index (χ2v) is 7.87. The zero-order chi connectivity index (χ0) is 17.6. The maximum absolute atomic E-state index is 12.6. The van der Waals surface area contributed by atoms with Gasteiger partial charge in [0, 0.05) is 51.5 Å². The second-order valence-electron chi connectivity index (χ2n) is 7.87. The van der Waals surface area contributed by atoms with Gasteiger partial charge >= 0.3 is 0 Å². The van der Waals surface area contributed by atoms with Crippen molar-refractivity contribution in [2.75, 3.05) is 26.8 Å². The molecule has 3 rings (SSSR count). The van der Waals surface area contributed by atoms with E-state index in [2.05, 4.69) is 21.4 Å². The van der Waals surface area contributed by atoms with Crippen molar-refractivity contribution in [3.63, 3.8) is 0 Å². The molecule has 1 aromatic rings. The summed E-state index contributed by atoms with van der Waals surface area (Å²) in [6.07, 6.45) is 11.3. The Hall–Kier alpha value is -1.36. The normalized spacial score (nSPS) is 21.8. The fourth-order valence-corrected chi connectivity index (χ4v) is 4.41. The monoisotopic (exact) mass is 347 g/mol. The van der Waals surface area contributed by atoms with Crippen LogP contribution in [0.3, 0.4) is 0 Å². The molecule has 0 spiro atoms. The van der Waals surface area contributed by atoms with Crippen LogP contribution in [0, 0.1) is 18.8 Å². The Morgan fingerprint density at radius 3 is 2.80 bits per heavy atom. The van der Waals surface area contributed by atoms with Crippen molar-refractivity contribution in [3.05, 3.63) is 17.7 Å². The maximum Gasteiger partial charge on any atom is 0.222 e. The summed E-state index contributed by atoms with van der Waals surface area (Å²) in [6, 6.07) is 0. The largest absolute Gasteiger partial charge is 0.383 e. The number of aromatic nitrogens is 2. The van der Waals surface area contributed by atoms with Crippen LogP contribution in [0.15, 0.2) is 6.20 Å². The quantitative estimate of drug-likeness (QED) is 0.761. The van der Waals surface area contributed by atoms with Gasteiger partial charge < -0.3 is 14.2 Å². The molecule has 2 fully saturated rings. The minimum atomic E-state index is 0.383. The number of aryl methyl sites for hydroxylation is 1. The molecule has 0 aromatic carbocycles. The minimum Gasteiger partial charge on any atom is -0.383 e. The van der Waals surface area contributed by atoms with Crippen molar-refractivity contribution in [2.45, 2.75) is 64.8 Å². The second kappa shape index (κ2) is 8.84. The van der Waals surface area contributed by atoms with Crippen LogP contribution < -0.4 is 0 Å². The first kappa shape index (κ1) is 18.4. The lowest BCUT2D eigenvalue weighted by Crippen LogP contribution is -2.31. The van der Waals surface area contributed by atoms with Gasteiger partial charge in [-0.15, -0.1) is 0 Å². The summed E-state index contributed by atoms with van der Waals surface area (Å²) >= 11 is 0. The topological polar surface area (TPSA) is 47.4 Å². The summed E-state index contributed by atoms with van der Waals surface area (Å²) in [5.41, 5.74) is 1.19. The molecular weight excluding hydrogens is 314 g/mol. The van der Waals surface area contributed by atoms with Crippen LogP contribution in [-0.2, 0) is 22.5 Å². The van der Waals surface area contributed by atoms with Crippen LogP contribution in [-0.4, -0.2) is 47.2 Å². The molecule has 5 heteroatoms. The van der Waals surface area contributed by atoms with E-state index in [4.69, 9.17) is 4.74 Å². The molecule has 0 radical (unpaired) electrons. The molecule has 0 N–H and O–H groups in total. The molecular formula is C20H33N3O2. The van der Waals surface area contributed by atoms with Crippen molar-refractivity contribution in [1.82, 2.24) is 14.5 Å². The van der Waals surface area contributed by atoms with Crippen LogP contribution >= 0.6 is 0 Å². The number of methoxy groups -OCH3 is 1. The Bertz CT molecular complexity index is 563. The van der Waals surface area contributed by atoms with Gasteiger partial charge in [-0.25, -0.2) is 4.98 Å². The lowest BCUT2D eigenvalue weighted by molar-refractivity contribution is -0.131. The summed E-state index contributed by atoms with van der Waals surface area (Å²) < 4.78 is 7.47. The van der Waals surface area contributed by atoms with Crippen LogP contribution in [0.5, 0.6) is 0 Å². The number of nitrogens with zero attached hydrogens (tertiary/aromatic N) is 3. The number of hydrogen-bond acceptors (Lipinski definition) is 3. The van der Waals surface area contributed by atoms with Gasteiger partial charge in [0.1, 0.15) is 5.82 Å². The Labute approximate surface area is 151 Å². The van der Waals surface area contributed by atoms with Gasteiger partial charge in [0.25, 0.3) is 0 Å². The fourth-order valence-electron chi connectivity index (χ4n) is 4.41. The summed E-state index contributed by atoms with van der Waals surface area (Å²) in [4.78, 5) is 19.3. The third-order valence-electron chi connectivity index (χ3n) is 5.95. The first-order chi connectivity index (χ1) is 12.2. The summed E-state index contributed by atoms with van der Waals surface area (Å²) in [5.74, 6) is 2.70. The van der Waals surface area contributed by atoms with Crippen LogP contribution in [0.2, 0.25) is 0 Å². The number of carbonyl (C=O) groups excluding carboxylic acids is 1. The van der Waals surface area contributed by atoms with Crippen molar-refractivity contribution in [1.29, 1.82) is 0 Å². The van der Waals surface area contributed by atoms with Gasteiger partial charge in [-0.05, 0) is 38.0 Å². The third-order valence-corrected chi connectivity index (χ3v) is 5.95. The van der Waals surface area contributed by atoms with E-state index in [1.54, 1.807) is 7.11 Å². The van der Waals surface area contributed by atoms with Crippen LogP contribution in [0.25, 0.3) is 0 Å². The van der Waals surface area contributed by atoms with Gasteiger partial charge in [-0.3, -0.25) is 4.79 Å². The summed E-state index contributed by atoms with van der Waals surface area (Å²) in [6.45, 7) is 5.49. The van der Waals surface area contributed by atoms with Crippen molar-refractivity contribution in [2.24, 2.45) is 11.8 Å². The smallest absolute Gasteiger partial charge is 0.222 e. The first-order valence-corrected chi connectivity index (χ1v) is 9.95. The molecule has 140 valence electrons. The molecule has 1 aliphatic heterocycles. The van der Waals surface area contributed by atoms with Crippen molar-refractivity contribution in [3.8, 4) is 0 Å². The Balaban J connectivity index is 1.50. The van der Waals surface area contributed by atoms with E-state index in [-0.39, 0.29) is 0 Å². The lowest BCUT2D eigenvalue weighted by Gasteiger charge is -2.24. The Morgan fingerprint density at radius 2 is 2.04 bits per heavy atom. The maximum atomic E-state index is 12.6. The molecule has 1 amide bonds. The average Bonchev–Trinajstić information content (AvgIpc) is 3.22. The number of ether oxygens (including phenoxy) is 1. The van der Waals surface area contributed by atoms with Crippen LogP contribution in [0.4, 0.5) is 0 Å². The highest BCUT2D eigenvalue weighted by Gasteiger charge is 2.29. The van der Waals surface area contributed by atoms with Gasteiger partial charge in [0.15, 0.2) is 0 Å². The Kier molecular flexibility index (Phi) is 6.51. The number of imidazole rings is 1. The van der Waals surface area contributed by atoms with Crippen molar-refractivity contribution >= 4 is 5.91 Å². The first-order valence-electron chi connectivity index (χ1n) is 9.95. The molecule has 0 bridgehead atoms. The molecule has 1 atom stereocenters. The predicted molar refractivity (Wildman–Crippen MR) is 98.4 cm³/mol. The molecule has 25 heavy (non-hydrogen) atoms.